The molecule has 39 heavy (non-hydrogen) atoms. The molecule has 1 saturated heterocycles. The van der Waals surface area contributed by atoms with Crippen LogP contribution in [-0.2, 0) is 41.7 Å². The van der Waals surface area contributed by atoms with Gasteiger partial charge >= 0.3 is 12.1 Å². The lowest BCUT2D eigenvalue weighted by atomic mass is 10.1. The van der Waals surface area contributed by atoms with Gasteiger partial charge in [0.25, 0.3) is 0 Å². The van der Waals surface area contributed by atoms with Gasteiger partial charge in [-0.2, -0.15) is 0 Å². The average Bonchev–Trinajstić information content (AvgIpc) is 3.23. The lowest BCUT2D eigenvalue weighted by Gasteiger charge is -2.26. The lowest BCUT2D eigenvalue weighted by molar-refractivity contribution is -0.150. The molecule has 1 N–H and O–H groups in total. The van der Waals surface area contributed by atoms with Crippen molar-refractivity contribution in [1.29, 1.82) is 0 Å². The highest BCUT2D eigenvalue weighted by Crippen LogP contribution is 2.46. The molecule has 10 nitrogen and oxygen atoms in total. The number of nitrogens with zero attached hydrogens (tertiary/aromatic N) is 2. The van der Waals surface area contributed by atoms with Gasteiger partial charge < -0.3 is 24.4 Å². The number of ether oxygens (including phenoxy) is 3. The van der Waals surface area contributed by atoms with Crippen molar-refractivity contribution in [3.05, 3.63) is 47.3 Å². The minimum absolute atomic E-state index is 0.0353. The second-order valence-electron chi connectivity index (χ2n) is 10.5. The van der Waals surface area contributed by atoms with E-state index in [1.165, 1.54) is 15.9 Å². The first kappa shape index (κ1) is 27.1. The number of carbonyl (C=O) groups excluding carboxylic acids is 4. The molecular weight excluding hydrogens is 509 g/mol. The van der Waals surface area contributed by atoms with E-state index in [2.05, 4.69) is 5.32 Å². The van der Waals surface area contributed by atoms with Crippen LogP contribution >= 0.6 is 0 Å². The smallest absolute Gasteiger partial charge is 0.410 e. The topological polar surface area (TPSA) is 114 Å². The Morgan fingerprint density at radius 2 is 2.08 bits per heavy atom. The Hall–Kier alpha value is -3.47. The normalized spacial score (nSPS) is 29.7. The summed E-state index contributed by atoms with van der Waals surface area (Å²) in [6, 6.07) is 3.79. The molecule has 4 aliphatic rings. The van der Waals surface area contributed by atoms with Crippen molar-refractivity contribution in [3.63, 3.8) is 0 Å². The highest BCUT2D eigenvalue weighted by molar-refractivity contribution is 5.95. The molecule has 3 amide bonds. The van der Waals surface area contributed by atoms with E-state index in [1.807, 2.05) is 12.2 Å². The summed E-state index contributed by atoms with van der Waals surface area (Å²) < 4.78 is 30.7. The molecular formula is C28H34FN3O7. The summed E-state index contributed by atoms with van der Waals surface area (Å²) in [4.78, 5) is 55.3. The number of rotatable bonds is 3. The molecule has 0 bridgehead atoms. The molecule has 4 atom stereocenters. The zero-order chi connectivity index (χ0) is 27.6. The third-order valence-electron chi connectivity index (χ3n) is 7.83. The predicted octanol–water partition coefficient (Wildman–Crippen LogP) is 2.44. The van der Waals surface area contributed by atoms with Crippen LogP contribution in [0.5, 0.6) is 0 Å². The summed E-state index contributed by atoms with van der Waals surface area (Å²) in [5, 5.41) is 2.88. The van der Waals surface area contributed by atoms with E-state index in [1.54, 1.807) is 19.1 Å². The van der Waals surface area contributed by atoms with E-state index >= 15 is 0 Å². The van der Waals surface area contributed by atoms with Gasteiger partial charge in [-0.15, -0.1) is 0 Å². The van der Waals surface area contributed by atoms with Crippen LogP contribution in [0.2, 0.25) is 0 Å². The average molecular weight is 544 g/mol. The maximum absolute atomic E-state index is 14.2. The van der Waals surface area contributed by atoms with Crippen LogP contribution in [0.25, 0.3) is 0 Å². The molecule has 1 aromatic rings. The minimum atomic E-state index is -1.17. The van der Waals surface area contributed by atoms with Gasteiger partial charge in [0.15, 0.2) is 0 Å². The predicted molar refractivity (Wildman–Crippen MR) is 135 cm³/mol. The van der Waals surface area contributed by atoms with E-state index in [0.29, 0.717) is 18.6 Å². The van der Waals surface area contributed by atoms with E-state index in [9.17, 15) is 23.6 Å². The van der Waals surface area contributed by atoms with Gasteiger partial charge in [-0.05, 0) is 37.8 Å². The van der Waals surface area contributed by atoms with Crippen LogP contribution < -0.4 is 5.32 Å². The second kappa shape index (κ2) is 11.3. The molecule has 2 fully saturated rings. The molecule has 1 aliphatic carbocycles. The molecule has 1 aromatic carbocycles. The SMILES string of the molecule is CCOC(=O)[C@@]12C[C@H]1/C=C\CCCOCCC(=O)N1C[C@H](OC(=O)N3Cc4cccc(F)c4C3)C[C@H]1C(=O)N2. The fraction of sp³-hybridized carbons (Fsp3) is 0.571. The Labute approximate surface area is 226 Å². The number of benzene rings is 1. The third-order valence-corrected chi connectivity index (χ3v) is 7.83. The van der Waals surface area contributed by atoms with Crippen molar-refractivity contribution in [2.75, 3.05) is 26.4 Å². The van der Waals surface area contributed by atoms with Crippen LogP contribution in [-0.4, -0.2) is 77.7 Å². The van der Waals surface area contributed by atoms with Gasteiger partial charge in [0.2, 0.25) is 11.8 Å². The number of hydrogen-bond acceptors (Lipinski definition) is 7. The highest BCUT2D eigenvalue weighted by atomic mass is 19.1. The first-order valence-corrected chi connectivity index (χ1v) is 13.6. The molecule has 3 heterocycles. The largest absolute Gasteiger partial charge is 0.464 e. The zero-order valence-corrected chi connectivity index (χ0v) is 22.0. The highest BCUT2D eigenvalue weighted by Gasteiger charge is 2.62. The van der Waals surface area contributed by atoms with Gasteiger partial charge in [-0.25, -0.2) is 14.0 Å². The zero-order valence-electron chi connectivity index (χ0n) is 22.0. The molecule has 210 valence electrons. The number of carbonyl (C=O) groups is 4. The quantitative estimate of drug-likeness (QED) is 0.460. The molecule has 0 radical (unpaired) electrons. The number of allylic oxidation sites excluding steroid dienone is 1. The second-order valence-corrected chi connectivity index (χ2v) is 10.5. The van der Waals surface area contributed by atoms with Crippen molar-refractivity contribution in [1.82, 2.24) is 15.1 Å². The summed E-state index contributed by atoms with van der Waals surface area (Å²) in [6.45, 7) is 2.94. The standard InChI is InChI=1S/C28H34FN3O7/c1-2-38-26(35)28-14-19(28)8-4-3-5-11-37-12-10-24(33)32-16-20(13-23(32)25(34)30-28)39-27(36)31-15-18-7-6-9-22(29)21(18)17-31/h4,6-9,19-20,23H,2-3,5,10-17H2,1H3,(H,30,34)/b8-4-/t19-,20-,23+,28-/m1/s1. The van der Waals surface area contributed by atoms with Crippen LogP contribution in [0.4, 0.5) is 9.18 Å². The summed E-state index contributed by atoms with van der Waals surface area (Å²) in [6.07, 6.45) is 4.63. The molecule has 5 rings (SSSR count). The Morgan fingerprint density at radius 3 is 2.87 bits per heavy atom. The number of halogens is 1. The number of amides is 3. The first-order valence-electron chi connectivity index (χ1n) is 13.6. The maximum Gasteiger partial charge on any atom is 0.410 e. The van der Waals surface area contributed by atoms with Gasteiger partial charge in [-0.1, -0.05) is 24.3 Å². The summed E-state index contributed by atoms with van der Waals surface area (Å²) in [7, 11) is 0. The van der Waals surface area contributed by atoms with Crippen LogP contribution in [0.3, 0.4) is 0 Å². The van der Waals surface area contributed by atoms with Crippen molar-refractivity contribution in [2.45, 2.75) is 69.8 Å². The molecule has 0 aromatic heterocycles. The van der Waals surface area contributed by atoms with Crippen molar-refractivity contribution in [2.24, 2.45) is 5.92 Å². The van der Waals surface area contributed by atoms with Crippen molar-refractivity contribution < 1.29 is 37.8 Å². The van der Waals surface area contributed by atoms with E-state index in [4.69, 9.17) is 14.2 Å². The van der Waals surface area contributed by atoms with E-state index in [-0.39, 0.29) is 63.3 Å². The van der Waals surface area contributed by atoms with Gasteiger partial charge in [0.1, 0.15) is 23.5 Å². The Kier molecular flexibility index (Phi) is 7.88. The van der Waals surface area contributed by atoms with Crippen LogP contribution in [0.1, 0.15) is 50.2 Å². The summed E-state index contributed by atoms with van der Waals surface area (Å²) in [5.74, 6) is -1.86. The summed E-state index contributed by atoms with van der Waals surface area (Å²) >= 11 is 0. The summed E-state index contributed by atoms with van der Waals surface area (Å²) in [5.41, 5.74) is 0.00749. The number of fused-ring (bicyclic) bond motifs is 3. The van der Waals surface area contributed by atoms with Crippen LogP contribution in [0.15, 0.2) is 30.4 Å². The van der Waals surface area contributed by atoms with Gasteiger partial charge in [0.05, 0.1) is 32.7 Å². The van der Waals surface area contributed by atoms with E-state index in [0.717, 1.165) is 18.4 Å². The van der Waals surface area contributed by atoms with Gasteiger partial charge in [-0.3, -0.25) is 14.5 Å². The fourth-order valence-electron chi connectivity index (χ4n) is 5.62. The Morgan fingerprint density at radius 1 is 1.23 bits per heavy atom. The fourth-order valence-corrected chi connectivity index (χ4v) is 5.62. The van der Waals surface area contributed by atoms with E-state index < -0.39 is 35.7 Å². The van der Waals surface area contributed by atoms with Gasteiger partial charge in [0, 0.05) is 31.1 Å². The lowest BCUT2D eigenvalue weighted by Crippen LogP contribution is -2.53. The monoisotopic (exact) mass is 543 g/mol. The van der Waals surface area contributed by atoms with Crippen molar-refractivity contribution >= 4 is 23.9 Å². The number of esters is 1. The van der Waals surface area contributed by atoms with Crippen molar-refractivity contribution in [3.8, 4) is 0 Å². The first-order chi connectivity index (χ1) is 18.8. The Bertz CT molecular complexity index is 1170. The molecule has 11 heteroatoms. The molecule has 0 spiro atoms. The van der Waals surface area contributed by atoms with Crippen LogP contribution in [0, 0.1) is 11.7 Å². The third kappa shape index (κ3) is 5.63. The number of hydrogen-bond donors (Lipinski definition) is 1. The molecule has 1 saturated carbocycles. The number of nitrogens with one attached hydrogen (secondary N) is 1. The molecule has 3 aliphatic heterocycles. The Balaban J connectivity index is 1.30. The maximum atomic E-state index is 14.2. The molecule has 0 unspecified atom stereocenters. The minimum Gasteiger partial charge on any atom is -0.464 e.